The molecule has 1 fully saturated rings. The summed E-state index contributed by atoms with van der Waals surface area (Å²) in [6.45, 7) is 2.73. The molecule has 2 heterocycles. The third-order valence-electron chi connectivity index (χ3n) is 5.05. The summed E-state index contributed by atoms with van der Waals surface area (Å²) in [4.78, 5) is 19.2. The zero-order chi connectivity index (χ0) is 20.1. The van der Waals surface area contributed by atoms with Crippen LogP contribution in [0, 0.1) is 5.82 Å². The molecule has 0 aliphatic carbocycles. The molecule has 4 rings (SSSR count). The van der Waals surface area contributed by atoms with Crippen molar-refractivity contribution in [3.05, 3.63) is 95.4 Å². The lowest BCUT2D eigenvalue weighted by Gasteiger charge is -2.34. The van der Waals surface area contributed by atoms with Crippen LogP contribution in [0.4, 0.5) is 10.2 Å². The molecule has 1 atom stereocenters. The summed E-state index contributed by atoms with van der Waals surface area (Å²) >= 11 is 0. The van der Waals surface area contributed by atoms with Crippen LogP contribution in [0.25, 0.3) is 0 Å². The molecule has 1 amide bonds. The van der Waals surface area contributed by atoms with Crippen LogP contribution < -0.4 is 15.5 Å². The summed E-state index contributed by atoms with van der Waals surface area (Å²) in [5.41, 5.74) is 2.50. The van der Waals surface area contributed by atoms with Crippen molar-refractivity contribution in [2.45, 2.75) is 12.6 Å². The van der Waals surface area contributed by atoms with Gasteiger partial charge in [-0.2, -0.15) is 0 Å². The second kappa shape index (κ2) is 8.84. The van der Waals surface area contributed by atoms with Crippen LogP contribution in [0.3, 0.4) is 0 Å². The fourth-order valence-electron chi connectivity index (χ4n) is 3.53. The number of aromatic nitrogens is 1. The van der Waals surface area contributed by atoms with Gasteiger partial charge in [0, 0.05) is 44.0 Å². The molecule has 2 aromatic carbocycles. The Morgan fingerprint density at radius 2 is 2.00 bits per heavy atom. The van der Waals surface area contributed by atoms with Crippen LogP contribution in [0.1, 0.15) is 27.5 Å². The van der Waals surface area contributed by atoms with Crippen LogP contribution in [0.15, 0.2) is 72.9 Å². The molecule has 0 spiro atoms. The van der Waals surface area contributed by atoms with E-state index < -0.39 is 0 Å². The topological polar surface area (TPSA) is 57.3 Å². The maximum atomic E-state index is 13.3. The van der Waals surface area contributed by atoms with Gasteiger partial charge in [0.2, 0.25) is 0 Å². The number of nitrogens with zero attached hydrogens (tertiary/aromatic N) is 2. The van der Waals surface area contributed by atoms with E-state index in [-0.39, 0.29) is 24.3 Å². The van der Waals surface area contributed by atoms with E-state index in [9.17, 15) is 9.18 Å². The number of rotatable bonds is 5. The Balaban J connectivity index is 1.43. The second-order valence-corrected chi connectivity index (χ2v) is 7.08. The van der Waals surface area contributed by atoms with Gasteiger partial charge in [0.25, 0.3) is 5.91 Å². The summed E-state index contributed by atoms with van der Waals surface area (Å²) < 4.78 is 13.3. The standard InChI is InChI=1S/C23H23FN4O/c24-20-8-4-5-17(13-20)15-27-23(29)19-9-10-26-22(14-19)28-12-11-25-21(16-28)18-6-2-1-3-7-18/h1-10,13-14,21,25H,11-12,15-16H2,(H,27,29)/t21-/m1/s1. The number of piperazine rings is 1. The minimum atomic E-state index is -0.311. The molecule has 3 aromatic rings. The minimum absolute atomic E-state index is 0.201. The number of carbonyl (C=O) groups excluding carboxylic acids is 1. The van der Waals surface area contributed by atoms with Crippen molar-refractivity contribution < 1.29 is 9.18 Å². The van der Waals surface area contributed by atoms with Crippen LogP contribution >= 0.6 is 0 Å². The Morgan fingerprint density at radius 1 is 1.14 bits per heavy atom. The lowest BCUT2D eigenvalue weighted by Crippen LogP contribution is -2.46. The summed E-state index contributed by atoms with van der Waals surface area (Å²) in [6.07, 6.45) is 1.66. The molecule has 0 saturated carbocycles. The van der Waals surface area contributed by atoms with E-state index >= 15 is 0 Å². The van der Waals surface area contributed by atoms with Gasteiger partial charge >= 0.3 is 0 Å². The fourth-order valence-corrected chi connectivity index (χ4v) is 3.53. The van der Waals surface area contributed by atoms with Crippen LogP contribution in [-0.2, 0) is 6.54 Å². The van der Waals surface area contributed by atoms with E-state index in [4.69, 9.17) is 0 Å². The SMILES string of the molecule is O=C(NCc1cccc(F)c1)c1ccnc(N2CCN[C@@H](c3ccccc3)C2)c1. The van der Waals surface area contributed by atoms with Crippen molar-refractivity contribution >= 4 is 11.7 Å². The molecule has 5 nitrogen and oxygen atoms in total. The first-order valence-electron chi connectivity index (χ1n) is 9.71. The van der Waals surface area contributed by atoms with Crippen molar-refractivity contribution in [2.75, 3.05) is 24.5 Å². The van der Waals surface area contributed by atoms with Crippen molar-refractivity contribution in [1.82, 2.24) is 15.6 Å². The third kappa shape index (κ3) is 4.78. The Morgan fingerprint density at radius 3 is 2.83 bits per heavy atom. The highest BCUT2D eigenvalue weighted by molar-refractivity contribution is 5.94. The highest BCUT2D eigenvalue weighted by Crippen LogP contribution is 2.21. The molecule has 0 unspecified atom stereocenters. The van der Waals surface area contributed by atoms with Crippen molar-refractivity contribution in [3.8, 4) is 0 Å². The van der Waals surface area contributed by atoms with Gasteiger partial charge in [0.1, 0.15) is 11.6 Å². The number of benzene rings is 2. The third-order valence-corrected chi connectivity index (χ3v) is 5.05. The number of anilines is 1. The second-order valence-electron chi connectivity index (χ2n) is 7.08. The molecule has 0 radical (unpaired) electrons. The van der Waals surface area contributed by atoms with E-state index in [2.05, 4.69) is 32.7 Å². The molecule has 29 heavy (non-hydrogen) atoms. The Bertz CT molecular complexity index is 979. The summed E-state index contributed by atoms with van der Waals surface area (Å²) in [6, 6.07) is 20.3. The molecule has 1 aliphatic heterocycles. The van der Waals surface area contributed by atoms with Crippen molar-refractivity contribution in [3.63, 3.8) is 0 Å². The average Bonchev–Trinajstić information content (AvgIpc) is 2.78. The van der Waals surface area contributed by atoms with Gasteiger partial charge in [-0.3, -0.25) is 4.79 Å². The van der Waals surface area contributed by atoms with Gasteiger partial charge in [0.05, 0.1) is 0 Å². The molecule has 1 aromatic heterocycles. The van der Waals surface area contributed by atoms with E-state index in [1.807, 2.05) is 24.3 Å². The lowest BCUT2D eigenvalue weighted by atomic mass is 10.0. The first kappa shape index (κ1) is 19.1. The van der Waals surface area contributed by atoms with Crippen LogP contribution in [0.5, 0.6) is 0 Å². The average molecular weight is 390 g/mol. The van der Waals surface area contributed by atoms with Gasteiger partial charge in [-0.25, -0.2) is 9.37 Å². The van der Waals surface area contributed by atoms with Gasteiger partial charge in [-0.05, 0) is 35.4 Å². The summed E-state index contributed by atoms with van der Waals surface area (Å²) in [5, 5.41) is 6.38. The predicted octanol–water partition coefficient (Wildman–Crippen LogP) is 3.30. The number of amides is 1. The molecule has 1 aliphatic rings. The van der Waals surface area contributed by atoms with Gasteiger partial charge < -0.3 is 15.5 Å². The van der Waals surface area contributed by atoms with E-state index in [0.717, 1.165) is 31.0 Å². The zero-order valence-corrected chi connectivity index (χ0v) is 16.0. The lowest BCUT2D eigenvalue weighted by molar-refractivity contribution is 0.0950. The monoisotopic (exact) mass is 390 g/mol. The number of pyridine rings is 1. The van der Waals surface area contributed by atoms with Crippen LogP contribution in [-0.4, -0.2) is 30.5 Å². The Labute approximate surface area is 169 Å². The predicted molar refractivity (Wildman–Crippen MR) is 111 cm³/mol. The van der Waals surface area contributed by atoms with Gasteiger partial charge in [-0.1, -0.05) is 42.5 Å². The normalized spacial score (nSPS) is 16.4. The first-order valence-corrected chi connectivity index (χ1v) is 9.71. The Hall–Kier alpha value is -3.25. The molecule has 148 valence electrons. The van der Waals surface area contributed by atoms with Gasteiger partial charge in [0.15, 0.2) is 0 Å². The van der Waals surface area contributed by atoms with Crippen molar-refractivity contribution in [2.24, 2.45) is 0 Å². The van der Waals surface area contributed by atoms with Crippen molar-refractivity contribution in [1.29, 1.82) is 0 Å². The van der Waals surface area contributed by atoms with E-state index in [1.165, 1.54) is 17.7 Å². The molecule has 6 heteroatoms. The number of hydrogen-bond donors (Lipinski definition) is 2. The quantitative estimate of drug-likeness (QED) is 0.702. The zero-order valence-electron chi connectivity index (χ0n) is 16.0. The molecular weight excluding hydrogens is 367 g/mol. The molecule has 2 N–H and O–H groups in total. The van der Waals surface area contributed by atoms with Crippen LogP contribution in [0.2, 0.25) is 0 Å². The Kier molecular flexibility index (Phi) is 5.81. The number of hydrogen-bond acceptors (Lipinski definition) is 4. The number of carbonyl (C=O) groups is 1. The molecular formula is C23H23FN4O. The molecule has 0 bridgehead atoms. The fraction of sp³-hybridized carbons (Fsp3) is 0.217. The minimum Gasteiger partial charge on any atom is -0.353 e. The summed E-state index contributed by atoms with van der Waals surface area (Å²) in [7, 11) is 0. The largest absolute Gasteiger partial charge is 0.353 e. The highest BCUT2D eigenvalue weighted by Gasteiger charge is 2.22. The first-order chi connectivity index (χ1) is 14.2. The maximum absolute atomic E-state index is 13.3. The summed E-state index contributed by atoms with van der Waals surface area (Å²) in [5.74, 6) is 0.271. The number of halogens is 1. The van der Waals surface area contributed by atoms with Gasteiger partial charge in [-0.15, -0.1) is 0 Å². The van der Waals surface area contributed by atoms with E-state index in [0.29, 0.717) is 5.56 Å². The highest BCUT2D eigenvalue weighted by atomic mass is 19.1. The molecule has 1 saturated heterocycles. The number of nitrogens with one attached hydrogen (secondary N) is 2. The van der Waals surface area contributed by atoms with E-state index in [1.54, 1.807) is 24.4 Å². The smallest absolute Gasteiger partial charge is 0.251 e. The maximum Gasteiger partial charge on any atom is 0.251 e.